The molecule has 2 heterocycles. The molecular weight excluding hydrogens is 364 g/mol. The summed E-state index contributed by atoms with van der Waals surface area (Å²) in [5.41, 5.74) is 2.77. The smallest absolute Gasteiger partial charge is 0.258 e. The molecule has 1 atom stereocenters. The Balaban J connectivity index is 1.82. The Labute approximate surface area is 154 Å². The van der Waals surface area contributed by atoms with Crippen molar-refractivity contribution in [3.63, 3.8) is 0 Å². The van der Waals surface area contributed by atoms with Crippen LogP contribution in [0.15, 0.2) is 41.3 Å². The van der Waals surface area contributed by atoms with Gasteiger partial charge in [-0.1, -0.05) is 29.3 Å². The van der Waals surface area contributed by atoms with E-state index in [0.717, 1.165) is 5.56 Å². The third-order valence-corrected chi connectivity index (χ3v) is 4.69. The molecule has 0 saturated heterocycles. The van der Waals surface area contributed by atoms with E-state index in [1.807, 2.05) is 31.3 Å². The Bertz CT molecular complexity index is 1000. The second-order valence-electron chi connectivity index (χ2n) is 6.04. The summed E-state index contributed by atoms with van der Waals surface area (Å²) in [5.74, 6) is -0.501. The van der Waals surface area contributed by atoms with Crippen molar-refractivity contribution in [2.45, 2.75) is 26.4 Å². The lowest BCUT2D eigenvalue weighted by atomic mass is 10.1. The second-order valence-corrected chi connectivity index (χ2v) is 6.85. The predicted octanol–water partition coefficient (Wildman–Crippen LogP) is 3.27. The first-order valence-electron chi connectivity index (χ1n) is 7.82. The zero-order chi connectivity index (χ0) is 18.1. The highest BCUT2D eigenvalue weighted by Crippen LogP contribution is 2.27. The van der Waals surface area contributed by atoms with Crippen LogP contribution in [0.2, 0.25) is 10.0 Å². The highest BCUT2D eigenvalue weighted by molar-refractivity contribution is 6.35. The van der Waals surface area contributed by atoms with Gasteiger partial charge in [0, 0.05) is 17.8 Å². The largest absolute Gasteiger partial charge is 0.335 e. The van der Waals surface area contributed by atoms with Crippen LogP contribution in [0, 0.1) is 12.7 Å². The van der Waals surface area contributed by atoms with Crippen LogP contribution in [-0.2, 0) is 6.54 Å². The summed E-state index contributed by atoms with van der Waals surface area (Å²) in [6, 6.07) is 7.87. The lowest BCUT2D eigenvalue weighted by Gasteiger charge is -2.13. The first-order valence-corrected chi connectivity index (χ1v) is 8.57. The standard InChI is InChI=1S/C18H16Cl2FN3O/c1-10-3-4-17-23-12(5-18(25)24(17)9-10)8-22-11(2)13-6-16(21)15(20)7-14(13)19/h3-7,9,11,22H,8H2,1-2H3/p+1/t11-/m1/s1. The number of nitrogens with two attached hydrogens (primary N) is 1. The van der Waals surface area contributed by atoms with E-state index in [9.17, 15) is 9.18 Å². The van der Waals surface area contributed by atoms with Crippen LogP contribution >= 0.6 is 23.2 Å². The number of pyridine rings is 1. The van der Waals surface area contributed by atoms with Crippen molar-refractivity contribution in [1.82, 2.24) is 9.38 Å². The zero-order valence-electron chi connectivity index (χ0n) is 13.8. The normalized spacial score (nSPS) is 12.5. The molecule has 0 amide bonds. The van der Waals surface area contributed by atoms with Gasteiger partial charge < -0.3 is 5.32 Å². The number of hydrogen-bond acceptors (Lipinski definition) is 2. The van der Waals surface area contributed by atoms with Crippen molar-refractivity contribution >= 4 is 28.8 Å². The number of quaternary nitrogens is 1. The quantitative estimate of drug-likeness (QED) is 0.706. The van der Waals surface area contributed by atoms with Crippen molar-refractivity contribution < 1.29 is 9.71 Å². The van der Waals surface area contributed by atoms with Crippen LogP contribution in [0.3, 0.4) is 0 Å². The molecule has 0 unspecified atom stereocenters. The maximum atomic E-state index is 13.7. The third-order valence-electron chi connectivity index (χ3n) is 4.07. The average molecular weight is 381 g/mol. The lowest BCUT2D eigenvalue weighted by molar-refractivity contribution is -0.708. The number of fused-ring (bicyclic) bond motifs is 1. The molecule has 0 bridgehead atoms. The van der Waals surface area contributed by atoms with E-state index in [0.29, 0.717) is 28.5 Å². The molecule has 3 aromatic rings. The molecule has 0 aliphatic carbocycles. The van der Waals surface area contributed by atoms with Crippen molar-refractivity contribution in [2.24, 2.45) is 0 Å². The molecule has 0 spiro atoms. The van der Waals surface area contributed by atoms with Crippen molar-refractivity contribution in [3.05, 3.63) is 79.6 Å². The Morgan fingerprint density at radius 2 is 2.00 bits per heavy atom. The number of aromatic nitrogens is 2. The van der Waals surface area contributed by atoms with E-state index in [4.69, 9.17) is 23.2 Å². The molecule has 1 aromatic carbocycles. The second kappa shape index (κ2) is 7.12. The molecule has 0 saturated carbocycles. The fraction of sp³-hybridized carbons (Fsp3) is 0.222. The van der Waals surface area contributed by atoms with Gasteiger partial charge in [-0.25, -0.2) is 9.37 Å². The molecule has 2 N–H and O–H groups in total. The van der Waals surface area contributed by atoms with Gasteiger partial charge in [-0.15, -0.1) is 0 Å². The number of nitrogens with zero attached hydrogens (tertiary/aromatic N) is 2. The van der Waals surface area contributed by atoms with Gasteiger partial charge in [-0.05, 0) is 37.6 Å². The molecule has 0 fully saturated rings. The molecule has 3 rings (SSSR count). The van der Waals surface area contributed by atoms with Crippen molar-refractivity contribution in [2.75, 3.05) is 0 Å². The maximum absolute atomic E-state index is 13.7. The summed E-state index contributed by atoms with van der Waals surface area (Å²) in [6.07, 6.45) is 1.76. The van der Waals surface area contributed by atoms with Crippen LogP contribution in [0.4, 0.5) is 4.39 Å². The average Bonchev–Trinajstić information content (AvgIpc) is 2.56. The molecule has 0 radical (unpaired) electrons. The molecule has 130 valence electrons. The Morgan fingerprint density at radius 1 is 1.24 bits per heavy atom. The topological polar surface area (TPSA) is 51.0 Å². The summed E-state index contributed by atoms with van der Waals surface area (Å²) in [6.45, 7) is 4.30. The minimum absolute atomic E-state index is 0.000427. The van der Waals surface area contributed by atoms with Crippen molar-refractivity contribution in [1.29, 1.82) is 0 Å². The summed E-state index contributed by atoms with van der Waals surface area (Å²) >= 11 is 11.9. The fourth-order valence-corrected chi connectivity index (χ4v) is 3.23. The van der Waals surface area contributed by atoms with E-state index in [1.54, 1.807) is 6.20 Å². The molecule has 7 heteroatoms. The monoisotopic (exact) mass is 380 g/mol. The SMILES string of the molecule is Cc1ccc2nc(C[NH2+][C@H](C)c3cc(F)c(Cl)cc3Cl)cc(=O)n2c1. The summed E-state index contributed by atoms with van der Waals surface area (Å²) in [7, 11) is 0. The molecule has 25 heavy (non-hydrogen) atoms. The molecular formula is C18H17Cl2FN3O+. The first-order chi connectivity index (χ1) is 11.8. The van der Waals surface area contributed by atoms with E-state index in [2.05, 4.69) is 4.98 Å². The molecule has 4 nitrogen and oxygen atoms in total. The van der Waals surface area contributed by atoms with E-state index in [-0.39, 0.29) is 16.6 Å². The van der Waals surface area contributed by atoms with Gasteiger partial charge in [0.05, 0.1) is 10.0 Å². The Morgan fingerprint density at radius 3 is 2.76 bits per heavy atom. The number of aryl methyl sites for hydroxylation is 1. The summed E-state index contributed by atoms with van der Waals surface area (Å²) in [5, 5.41) is 2.36. The van der Waals surface area contributed by atoms with Gasteiger partial charge in [0.15, 0.2) is 0 Å². The van der Waals surface area contributed by atoms with Gasteiger partial charge >= 0.3 is 0 Å². The molecule has 0 aliphatic rings. The van der Waals surface area contributed by atoms with E-state index in [1.165, 1.54) is 22.6 Å². The maximum Gasteiger partial charge on any atom is 0.258 e. The lowest BCUT2D eigenvalue weighted by Crippen LogP contribution is -2.83. The van der Waals surface area contributed by atoms with Crippen LogP contribution in [0.25, 0.3) is 5.65 Å². The van der Waals surface area contributed by atoms with Gasteiger partial charge in [-0.3, -0.25) is 9.20 Å². The number of benzene rings is 1. The van der Waals surface area contributed by atoms with Gasteiger partial charge in [0.2, 0.25) is 0 Å². The minimum atomic E-state index is -0.501. The van der Waals surface area contributed by atoms with Crippen LogP contribution in [0.5, 0.6) is 0 Å². The Hall–Kier alpha value is -1.95. The fourth-order valence-electron chi connectivity index (χ4n) is 2.67. The van der Waals surface area contributed by atoms with Gasteiger partial charge in [0.25, 0.3) is 5.56 Å². The first kappa shape index (κ1) is 17.9. The number of halogens is 3. The van der Waals surface area contributed by atoms with Gasteiger partial charge in [0.1, 0.15) is 29.7 Å². The highest BCUT2D eigenvalue weighted by Gasteiger charge is 2.16. The molecule has 0 aliphatic heterocycles. The zero-order valence-corrected chi connectivity index (χ0v) is 15.3. The van der Waals surface area contributed by atoms with Crippen molar-refractivity contribution in [3.8, 4) is 0 Å². The number of hydrogen-bond donors (Lipinski definition) is 1. The van der Waals surface area contributed by atoms with Crippen LogP contribution in [0.1, 0.15) is 29.8 Å². The van der Waals surface area contributed by atoms with Gasteiger partial charge in [-0.2, -0.15) is 0 Å². The third kappa shape index (κ3) is 3.84. The van der Waals surface area contributed by atoms with E-state index < -0.39 is 5.82 Å². The Kier molecular flexibility index (Phi) is 5.08. The predicted molar refractivity (Wildman–Crippen MR) is 96.7 cm³/mol. The summed E-state index contributed by atoms with van der Waals surface area (Å²) in [4.78, 5) is 16.7. The highest BCUT2D eigenvalue weighted by atomic mass is 35.5. The summed E-state index contributed by atoms with van der Waals surface area (Å²) < 4.78 is 15.2. The molecule has 2 aromatic heterocycles. The van der Waals surface area contributed by atoms with Crippen LogP contribution < -0.4 is 10.9 Å². The minimum Gasteiger partial charge on any atom is -0.335 e. The van der Waals surface area contributed by atoms with E-state index >= 15 is 0 Å². The number of rotatable bonds is 4. The van der Waals surface area contributed by atoms with Crippen LogP contribution in [-0.4, -0.2) is 9.38 Å².